The summed E-state index contributed by atoms with van der Waals surface area (Å²) < 4.78 is 26.3. The second kappa shape index (κ2) is 6.56. The molecule has 84 valence electrons. The number of guanidine groups is 1. The van der Waals surface area contributed by atoms with E-state index in [9.17, 15) is 8.78 Å². The first-order valence-electron chi connectivity index (χ1n) is 4.63. The highest BCUT2D eigenvalue weighted by Gasteiger charge is 2.21. The van der Waals surface area contributed by atoms with E-state index >= 15 is 0 Å². The third-order valence-corrected chi connectivity index (χ3v) is 1.79. The number of hydrogen-bond donors (Lipinski definition) is 0. The van der Waals surface area contributed by atoms with Crippen LogP contribution in [0.25, 0.3) is 0 Å². The first-order valence-corrected chi connectivity index (χ1v) is 4.63. The Balaban J connectivity index is 4.65. The third-order valence-electron chi connectivity index (χ3n) is 1.79. The van der Waals surface area contributed by atoms with E-state index in [-0.39, 0.29) is 13.1 Å². The zero-order valence-electron chi connectivity index (χ0n) is 9.43. The third kappa shape index (κ3) is 3.89. The average molecular weight is 208 g/mol. The quantitative estimate of drug-likeness (QED) is 0.376. The molecule has 0 radical (unpaired) electrons. The molecule has 0 fully saturated rings. The number of halogens is 2. The smallest absolute Gasteiger partial charge is 0.270 e. The summed E-state index contributed by atoms with van der Waals surface area (Å²) in [6, 6.07) is 0. The maximum Gasteiger partial charge on any atom is 0.349 e. The van der Waals surface area contributed by atoms with Crippen molar-refractivity contribution in [1.29, 1.82) is 0 Å². The Morgan fingerprint density at radius 3 is 1.71 bits per heavy atom. The second-order valence-corrected chi connectivity index (χ2v) is 3.45. The lowest BCUT2D eigenvalue weighted by Gasteiger charge is -2.23. The van der Waals surface area contributed by atoms with Crippen molar-refractivity contribution in [3.8, 4) is 0 Å². The number of nitrogens with zero attached hydrogens (tertiary/aromatic N) is 3. The minimum atomic E-state index is -0.467. The molecule has 0 spiro atoms. The maximum atomic E-state index is 12.2. The lowest BCUT2D eigenvalue weighted by atomic mass is 10.5. The fraction of sp³-hybridized carbons (Fsp3) is 0.889. The minimum absolute atomic E-state index is 0.232. The van der Waals surface area contributed by atoms with E-state index in [4.69, 9.17) is 0 Å². The molecule has 0 aromatic carbocycles. The number of hydrogen-bond acceptors (Lipinski definition) is 0. The van der Waals surface area contributed by atoms with E-state index in [2.05, 4.69) is 0 Å². The first-order chi connectivity index (χ1) is 6.54. The van der Waals surface area contributed by atoms with Crippen LogP contribution < -0.4 is 0 Å². The SMILES string of the molecule is CN(C)C(N(CCF)CCF)=[N+](C)C. The monoisotopic (exact) mass is 208 g/mol. The van der Waals surface area contributed by atoms with Crippen molar-refractivity contribution in [2.45, 2.75) is 0 Å². The zero-order chi connectivity index (χ0) is 11.1. The van der Waals surface area contributed by atoms with Gasteiger partial charge in [-0.2, -0.15) is 0 Å². The summed E-state index contributed by atoms with van der Waals surface area (Å²) in [7, 11) is 7.44. The molecule has 0 bridgehead atoms. The van der Waals surface area contributed by atoms with Crippen molar-refractivity contribution in [2.24, 2.45) is 0 Å². The summed E-state index contributed by atoms with van der Waals surface area (Å²) in [6.07, 6.45) is 0. The Labute approximate surface area is 84.6 Å². The van der Waals surface area contributed by atoms with Gasteiger partial charge < -0.3 is 0 Å². The van der Waals surface area contributed by atoms with Crippen LogP contribution in [0.4, 0.5) is 8.78 Å². The van der Waals surface area contributed by atoms with Crippen molar-refractivity contribution < 1.29 is 13.4 Å². The van der Waals surface area contributed by atoms with Crippen molar-refractivity contribution in [3.63, 3.8) is 0 Å². The largest absolute Gasteiger partial charge is 0.349 e. The molecule has 0 aromatic heterocycles. The first kappa shape index (κ1) is 13.1. The van der Waals surface area contributed by atoms with Crippen LogP contribution in [0.15, 0.2) is 0 Å². The van der Waals surface area contributed by atoms with E-state index < -0.39 is 13.3 Å². The molecule has 14 heavy (non-hydrogen) atoms. The van der Waals surface area contributed by atoms with Gasteiger partial charge in [-0.1, -0.05) is 0 Å². The standard InChI is InChI=1S/C9H20F2N3/c1-12(2)9(13(3)4)14(7-5-10)8-6-11/h5-8H2,1-4H3/q+1. The Kier molecular flexibility index (Phi) is 6.16. The highest BCUT2D eigenvalue weighted by atomic mass is 19.1. The lowest BCUT2D eigenvalue weighted by molar-refractivity contribution is -0.476. The van der Waals surface area contributed by atoms with Crippen molar-refractivity contribution in [3.05, 3.63) is 0 Å². The molecule has 0 unspecified atom stereocenters. The molecule has 0 aliphatic rings. The Morgan fingerprint density at radius 1 is 1.07 bits per heavy atom. The molecule has 0 saturated carbocycles. The van der Waals surface area contributed by atoms with Gasteiger partial charge >= 0.3 is 5.96 Å². The topological polar surface area (TPSA) is 9.49 Å². The Bertz CT molecular complexity index is 182. The average Bonchev–Trinajstić information content (AvgIpc) is 2.03. The molecule has 0 aromatic rings. The van der Waals surface area contributed by atoms with Gasteiger partial charge in [0, 0.05) is 0 Å². The highest BCUT2D eigenvalue weighted by Crippen LogP contribution is 1.95. The minimum Gasteiger partial charge on any atom is -0.270 e. The van der Waals surface area contributed by atoms with E-state index in [0.29, 0.717) is 0 Å². The second-order valence-electron chi connectivity index (χ2n) is 3.45. The lowest BCUT2D eigenvalue weighted by Crippen LogP contribution is -2.47. The molecule has 0 aliphatic heterocycles. The molecule has 0 rings (SSSR count). The van der Waals surface area contributed by atoms with Gasteiger partial charge in [-0.15, -0.1) is 0 Å². The Hall–Kier alpha value is -0.870. The van der Waals surface area contributed by atoms with Gasteiger partial charge in [0.2, 0.25) is 0 Å². The van der Waals surface area contributed by atoms with E-state index in [1.807, 2.05) is 37.7 Å². The van der Waals surface area contributed by atoms with Crippen molar-refractivity contribution in [2.75, 3.05) is 54.6 Å². The van der Waals surface area contributed by atoms with Gasteiger partial charge in [-0.05, 0) is 0 Å². The van der Waals surface area contributed by atoms with Crippen molar-refractivity contribution in [1.82, 2.24) is 9.80 Å². The van der Waals surface area contributed by atoms with Crippen LogP contribution in [0.2, 0.25) is 0 Å². The van der Waals surface area contributed by atoms with Crippen LogP contribution in [0.5, 0.6) is 0 Å². The normalized spacial score (nSPS) is 9.86. The highest BCUT2D eigenvalue weighted by molar-refractivity contribution is 5.74. The van der Waals surface area contributed by atoms with Crippen LogP contribution in [0, 0.1) is 0 Å². The molecule has 0 aliphatic carbocycles. The molecule has 0 heterocycles. The maximum absolute atomic E-state index is 12.2. The predicted octanol–water partition coefficient (Wildman–Crippen LogP) is 0.417. The van der Waals surface area contributed by atoms with E-state index in [1.165, 1.54) is 0 Å². The van der Waals surface area contributed by atoms with Crippen LogP contribution in [0.3, 0.4) is 0 Å². The molecule has 0 N–H and O–H groups in total. The summed E-state index contributed by atoms with van der Waals surface area (Å²) >= 11 is 0. The van der Waals surface area contributed by atoms with Gasteiger partial charge in [0.25, 0.3) is 0 Å². The van der Waals surface area contributed by atoms with Crippen LogP contribution in [-0.2, 0) is 0 Å². The van der Waals surface area contributed by atoms with E-state index in [0.717, 1.165) is 5.96 Å². The fourth-order valence-electron chi connectivity index (χ4n) is 1.48. The van der Waals surface area contributed by atoms with Crippen LogP contribution >= 0.6 is 0 Å². The molecule has 5 heteroatoms. The molecular weight excluding hydrogens is 188 g/mol. The summed E-state index contributed by atoms with van der Waals surface area (Å²) in [5.74, 6) is 0.820. The molecule has 0 amide bonds. The zero-order valence-corrected chi connectivity index (χ0v) is 9.43. The Morgan fingerprint density at radius 2 is 1.50 bits per heavy atom. The summed E-state index contributed by atoms with van der Waals surface area (Å²) in [5, 5.41) is 0. The fourth-order valence-corrected chi connectivity index (χ4v) is 1.48. The predicted molar refractivity (Wildman–Crippen MR) is 54.3 cm³/mol. The van der Waals surface area contributed by atoms with E-state index in [1.54, 1.807) is 4.90 Å². The van der Waals surface area contributed by atoms with Gasteiger partial charge in [0.05, 0.1) is 41.3 Å². The van der Waals surface area contributed by atoms with Gasteiger partial charge in [0.15, 0.2) is 0 Å². The summed E-state index contributed by atoms with van der Waals surface area (Å²) in [5.41, 5.74) is 0. The summed E-state index contributed by atoms with van der Waals surface area (Å²) in [6.45, 7) is -0.471. The molecule has 0 atom stereocenters. The molecular formula is C9H20F2N3+. The van der Waals surface area contributed by atoms with Gasteiger partial charge in [0.1, 0.15) is 13.3 Å². The molecule has 0 saturated heterocycles. The van der Waals surface area contributed by atoms with Crippen molar-refractivity contribution >= 4 is 5.96 Å². The van der Waals surface area contributed by atoms with Gasteiger partial charge in [-0.25, -0.2) is 8.78 Å². The van der Waals surface area contributed by atoms with Gasteiger partial charge in [-0.3, -0.25) is 14.4 Å². The summed E-state index contributed by atoms with van der Waals surface area (Å²) in [4.78, 5) is 3.55. The number of rotatable bonds is 4. The van der Waals surface area contributed by atoms with Crippen LogP contribution in [-0.4, -0.2) is 75.0 Å². The molecule has 3 nitrogen and oxygen atoms in total. The number of alkyl halides is 2. The van der Waals surface area contributed by atoms with Crippen LogP contribution in [0.1, 0.15) is 0 Å².